The number of hydrogen-bond donors (Lipinski definition) is 1. The molecule has 5 rings (SSSR count). The lowest BCUT2D eigenvalue weighted by Gasteiger charge is -2.07. The highest BCUT2D eigenvalue weighted by Crippen LogP contribution is 2.26. The lowest BCUT2D eigenvalue weighted by atomic mass is 10.0. The van der Waals surface area contributed by atoms with Gasteiger partial charge in [-0.2, -0.15) is 10.1 Å². The number of aromatic amines is 1. The Kier molecular flexibility index (Phi) is 5.44. The van der Waals surface area contributed by atoms with Gasteiger partial charge in [0, 0.05) is 17.2 Å². The molecule has 0 spiro atoms. The molecule has 0 aliphatic rings. The van der Waals surface area contributed by atoms with Crippen LogP contribution in [0.2, 0.25) is 0 Å². The summed E-state index contributed by atoms with van der Waals surface area (Å²) in [5.74, 6) is 0.954. The van der Waals surface area contributed by atoms with Gasteiger partial charge in [-0.25, -0.2) is 4.39 Å². The Morgan fingerprint density at radius 3 is 2.64 bits per heavy atom. The van der Waals surface area contributed by atoms with Gasteiger partial charge in [0.15, 0.2) is 0 Å². The Bertz CT molecular complexity index is 1420. The SMILES string of the molecule is Cc1ccc(-c2cc(-c3nc(-c4cccc(COc5cccc(F)c5)c4)no3)[nH]n2)cc1C. The quantitative estimate of drug-likeness (QED) is 0.344. The van der Waals surface area contributed by atoms with Crippen LogP contribution in [0.15, 0.2) is 77.3 Å². The lowest BCUT2D eigenvalue weighted by molar-refractivity contribution is 0.304. The fourth-order valence-electron chi connectivity index (χ4n) is 3.45. The van der Waals surface area contributed by atoms with E-state index in [9.17, 15) is 4.39 Å². The molecule has 0 bridgehead atoms. The molecule has 1 N–H and O–H groups in total. The van der Waals surface area contributed by atoms with Crippen LogP contribution >= 0.6 is 0 Å². The third kappa shape index (κ3) is 4.52. The van der Waals surface area contributed by atoms with Gasteiger partial charge in [0.25, 0.3) is 5.89 Å². The molecule has 164 valence electrons. The van der Waals surface area contributed by atoms with Crippen LogP contribution in [0.1, 0.15) is 16.7 Å². The number of aryl methyl sites for hydroxylation is 2. The summed E-state index contributed by atoms with van der Waals surface area (Å²) < 4.78 is 24.5. The smallest absolute Gasteiger partial charge is 0.276 e. The standard InChI is InChI=1S/C26H21FN4O2/c1-16-9-10-19(11-17(16)2)23-14-24(30-29-23)26-28-25(31-33-26)20-6-3-5-18(12-20)15-32-22-8-4-7-21(27)13-22/h3-14H,15H2,1-2H3,(H,29,30). The van der Waals surface area contributed by atoms with Crippen molar-refractivity contribution in [3.63, 3.8) is 0 Å². The molecular weight excluding hydrogens is 419 g/mol. The minimum absolute atomic E-state index is 0.294. The molecule has 2 aromatic heterocycles. The number of halogens is 1. The van der Waals surface area contributed by atoms with Crippen LogP contribution in [-0.2, 0) is 6.61 Å². The van der Waals surface area contributed by atoms with Crippen LogP contribution in [0.5, 0.6) is 5.75 Å². The Morgan fingerprint density at radius 2 is 1.79 bits per heavy atom. The Morgan fingerprint density at radius 1 is 0.909 bits per heavy atom. The van der Waals surface area contributed by atoms with Gasteiger partial charge in [0.2, 0.25) is 5.82 Å². The molecule has 0 fully saturated rings. The van der Waals surface area contributed by atoms with Gasteiger partial charge >= 0.3 is 0 Å². The van der Waals surface area contributed by atoms with Crippen molar-refractivity contribution >= 4 is 0 Å². The molecule has 0 unspecified atom stereocenters. The summed E-state index contributed by atoms with van der Waals surface area (Å²) in [6, 6.07) is 21.8. The second kappa shape index (κ2) is 8.70. The topological polar surface area (TPSA) is 76.8 Å². The van der Waals surface area contributed by atoms with Gasteiger partial charge in [0.05, 0.1) is 5.69 Å². The number of ether oxygens (including phenoxy) is 1. The average Bonchev–Trinajstić information content (AvgIpc) is 3.50. The van der Waals surface area contributed by atoms with Crippen molar-refractivity contribution in [2.45, 2.75) is 20.5 Å². The van der Waals surface area contributed by atoms with Crippen molar-refractivity contribution in [1.29, 1.82) is 0 Å². The van der Waals surface area contributed by atoms with E-state index in [0.717, 1.165) is 22.4 Å². The van der Waals surface area contributed by atoms with Gasteiger partial charge in [-0.3, -0.25) is 5.10 Å². The van der Waals surface area contributed by atoms with Crippen molar-refractivity contribution < 1.29 is 13.7 Å². The summed E-state index contributed by atoms with van der Waals surface area (Å²) in [6.07, 6.45) is 0. The maximum Gasteiger partial charge on any atom is 0.276 e. The fraction of sp³-hybridized carbons (Fsp3) is 0.115. The Balaban J connectivity index is 1.33. The number of nitrogens with one attached hydrogen (secondary N) is 1. The van der Waals surface area contributed by atoms with Gasteiger partial charge in [-0.15, -0.1) is 0 Å². The van der Waals surface area contributed by atoms with Gasteiger partial charge < -0.3 is 9.26 Å². The number of benzene rings is 3. The lowest BCUT2D eigenvalue weighted by Crippen LogP contribution is -1.96. The van der Waals surface area contributed by atoms with Crippen LogP contribution in [0.25, 0.3) is 34.2 Å². The third-order valence-corrected chi connectivity index (χ3v) is 5.42. The van der Waals surface area contributed by atoms with E-state index in [-0.39, 0.29) is 5.82 Å². The minimum Gasteiger partial charge on any atom is -0.489 e. The van der Waals surface area contributed by atoms with Crippen molar-refractivity contribution in [3.8, 4) is 40.0 Å². The molecule has 6 nitrogen and oxygen atoms in total. The van der Waals surface area contributed by atoms with Crippen LogP contribution < -0.4 is 4.74 Å². The first-order valence-corrected chi connectivity index (χ1v) is 10.5. The molecule has 5 aromatic rings. The van der Waals surface area contributed by atoms with Crippen molar-refractivity contribution in [1.82, 2.24) is 20.3 Å². The fourth-order valence-corrected chi connectivity index (χ4v) is 3.45. The van der Waals surface area contributed by atoms with Crippen molar-refractivity contribution in [2.24, 2.45) is 0 Å². The summed E-state index contributed by atoms with van der Waals surface area (Å²) in [4.78, 5) is 4.52. The van der Waals surface area contributed by atoms with Gasteiger partial charge in [-0.1, -0.05) is 41.6 Å². The van der Waals surface area contributed by atoms with E-state index in [4.69, 9.17) is 9.26 Å². The predicted octanol–water partition coefficient (Wildman–Crippen LogP) is 6.13. The van der Waals surface area contributed by atoms with E-state index in [0.29, 0.717) is 29.8 Å². The summed E-state index contributed by atoms with van der Waals surface area (Å²) in [6.45, 7) is 4.45. The highest BCUT2D eigenvalue weighted by atomic mass is 19.1. The Hall–Kier alpha value is -4.26. The summed E-state index contributed by atoms with van der Waals surface area (Å²) >= 11 is 0. The van der Waals surface area contributed by atoms with E-state index in [1.807, 2.05) is 36.4 Å². The number of H-pyrrole nitrogens is 1. The molecule has 0 saturated heterocycles. The van der Waals surface area contributed by atoms with Crippen LogP contribution in [0.4, 0.5) is 4.39 Å². The second-order valence-corrected chi connectivity index (χ2v) is 7.84. The molecule has 7 heteroatoms. The zero-order valence-corrected chi connectivity index (χ0v) is 18.2. The molecule has 0 radical (unpaired) electrons. The summed E-state index contributed by atoms with van der Waals surface area (Å²) in [5.41, 5.74) is 6.61. The van der Waals surface area contributed by atoms with E-state index in [2.05, 4.69) is 46.3 Å². The number of hydrogen-bond acceptors (Lipinski definition) is 5. The number of aromatic nitrogens is 4. The molecule has 33 heavy (non-hydrogen) atoms. The van der Waals surface area contributed by atoms with Gasteiger partial charge in [-0.05, 0) is 60.9 Å². The summed E-state index contributed by atoms with van der Waals surface area (Å²) in [7, 11) is 0. The zero-order valence-electron chi connectivity index (χ0n) is 18.2. The van der Waals surface area contributed by atoms with E-state index < -0.39 is 0 Å². The summed E-state index contributed by atoms with van der Waals surface area (Å²) in [5, 5.41) is 11.5. The van der Waals surface area contributed by atoms with Crippen molar-refractivity contribution in [3.05, 3.63) is 95.3 Å². The monoisotopic (exact) mass is 440 g/mol. The highest BCUT2D eigenvalue weighted by molar-refractivity contribution is 5.66. The maximum absolute atomic E-state index is 13.3. The average molecular weight is 440 g/mol. The van der Waals surface area contributed by atoms with E-state index in [1.165, 1.54) is 23.3 Å². The third-order valence-electron chi connectivity index (χ3n) is 5.42. The van der Waals surface area contributed by atoms with E-state index >= 15 is 0 Å². The number of rotatable bonds is 6. The van der Waals surface area contributed by atoms with E-state index in [1.54, 1.807) is 12.1 Å². The molecular formula is C26H21FN4O2. The maximum atomic E-state index is 13.3. The van der Waals surface area contributed by atoms with Gasteiger partial charge in [0.1, 0.15) is 23.9 Å². The molecule has 0 saturated carbocycles. The zero-order chi connectivity index (χ0) is 22.8. The predicted molar refractivity (Wildman–Crippen MR) is 123 cm³/mol. The first-order chi connectivity index (χ1) is 16.0. The Labute approximate surface area is 190 Å². The second-order valence-electron chi connectivity index (χ2n) is 7.84. The number of nitrogens with zero attached hydrogens (tertiary/aromatic N) is 3. The molecule has 2 heterocycles. The normalized spacial score (nSPS) is 11.0. The first-order valence-electron chi connectivity index (χ1n) is 10.5. The minimum atomic E-state index is -0.333. The molecule has 0 atom stereocenters. The molecule has 0 aliphatic carbocycles. The van der Waals surface area contributed by atoms with Crippen LogP contribution in [0.3, 0.4) is 0 Å². The first kappa shape index (κ1) is 20.6. The highest BCUT2D eigenvalue weighted by Gasteiger charge is 2.15. The van der Waals surface area contributed by atoms with Crippen LogP contribution in [-0.4, -0.2) is 20.3 Å². The molecule has 0 aliphatic heterocycles. The van der Waals surface area contributed by atoms with Crippen molar-refractivity contribution in [2.75, 3.05) is 0 Å². The molecule has 3 aromatic carbocycles. The molecule has 0 amide bonds. The largest absolute Gasteiger partial charge is 0.489 e. The van der Waals surface area contributed by atoms with Crippen LogP contribution in [0, 0.1) is 19.7 Å².